The van der Waals surface area contributed by atoms with Crippen molar-refractivity contribution < 1.29 is 5.11 Å². The van der Waals surface area contributed by atoms with E-state index in [1.165, 1.54) is 25.7 Å². The summed E-state index contributed by atoms with van der Waals surface area (Å²) in [6.45, 7) is 0. The maximum atomic E-state index is 9.89. The largest absolute Gasteiger partial charge is 0.393 e. The lowest BCUT2D eigenvalue weighted by molar-refractivity contribution is 0.0291. The van der Waals surface area contributed by atoms with Gasteiger partial charge in [0.05, 0.1) is 6.10 Å². The van der Waals surface area contributed by atoms with Crippen molar-refractivity contribution in [3.05, 3.63) is 0 Å². The molecule has 0 aromatic carbocycles. The Morgan fingerprint density at radius 3 is 2.38 bits per heavy atom. The van der Waals surface area contributed by atoms with E-state index in [4.69, 9.17) is 0 Å². The molecular weight excluding hydrogens is 160 g/mol. The number of aliphatic hydroxyl groups is 1. The van der Waals surface area contributed by atoms with Crippen LogP contribution in [-0.4, -0.2) is 11.2 Å². The Hall–Kier alpha value is -0.0400. The Bertz CT molecular complexity index is 250. The third-order valence-electron chi connectivity index (χ3n) is 5.70. The third-order valence-corrected chi connectivity index (χ3v) is 5.70. The first-order valence-electron chi connectivity index (χ1n) is 6.02. The van der Waals surface area contributed by atoms with Gasteiger partial charge in [0.1, 0.15) is 0 Å². The second-order valence-electron chi connectivity index (χ2n) is 5.95. The zero-order valence-corrected chi connectivity index (χ0v) is 8.02. The van der Waals surface area contributed by atoms with E-state index in [9.17, 15) is 5.11 Å². The molecule has 0 heterocycles. The Balaban J connectivity index is 1.75. The molecule has 13 heavy (non-hydrogen) atoms. The molecule has 72 valence electrons. The van der Waals surface area contributed by atoms with Crippen LogP contribution in [0.4, 0.5) is 0 Å². The summed E-state index contributed by atoms with van der Waals surface area (Å²) in [5.41, 5.74) is 0. The van der Waals surface area contributed by atoms with Gasteiger partial charge in [-0.05, 0) is 67.6 Å². The van der Waals surface area contributed by atoms with Crippen molar-refractivity contribution in [2.45, 2.75) is 38.2 Å². The minimum atomic E-state index is 0.0885. The van der Waals surface area contributed by atoms with Crippen LogP contribution in [-0.2, 0) is 0 Å². The molecule has 4 aliphatic rings. The highest BCUT2D eigenvalue weighted by Crippen LogP contribution is 2.67. The lowest BCUT2D eigenvalue weighted by atomic mass is 9.70. The van der Waals surface area contributed by atoms with Gasteiger partial charge in [0.2, 0.25) is 0 Å². The van der Waals surface area contributed by atoms with Crippen molar-refractivity contribution in [2.75, 3.05) is 0 Å². The molecule has 0 unspecified atom stereocenters. The molecular formula is C12H18O. The van der Waals surface area contributed by atoms with Gasteiger partial charge < -0.3 is 5.11 Å². The van der Waals surface area contributed by atoms with Crippen LogP contribution < -0.4 is 0 Å². The van der Waals surface area contributed by atoms with E-state index in [1.54, 1.807) is 0 Å². The molecule has 0 aromatic heterocycles. The molecule has 0 spiro atoms. The molecule has 0 saturated heterocycles. The molecule has 4 fully saturated rings. The Morgan fingerprint density at radius 1 is 0.769 bits per heavy atom. The van der Waals surface area contributed by atoms with E-state index in [2.05, 4.69) is 0 Å². The van der Waals surface area contributed by atoms with Crippen molar-refractivity contribution in [1.29, 1.82) is 0 Å². The molecule has 1 N–H and O–H groups in total. The van der Waals surface area contributed by atoms with Gasteiger partial charge in [0.15, 0.2) is 0 Å². The number of hydrogen-bond donors (Lipinski definition) is 1. The maximum Gasteiger partial charge on any atom is 0.0574 e. The van der Waals surface area contributed by atoms with Crippen molar-refractivity contribution >= 4 is 0 Å². The normalized spacial score (nSPS) is 67.6. The van der Waals surface area contributed by atoms with Crippen LogP contribution in [0.3, 0.4) is 0 Å². The lowest BCUT2D eigenvalue weighted by Gasteiger charge is -2.36. The van der Waals surface area contributed by atoms with Crippen LogP contribution in [0.15, 0.2) is 0 Å². The molecule has 7 atom stereocenters. The first-order chi connectivity index (χ1) is 6.34. The van der Waals surface area contributed by atoms with Gasteiger partial charge in [-0.1, -0.05) is 0 Å². The summed E-state index contributed by atoms with van der Waals surface area (Å²) in [5.74, 6) is 5.79. The van der Waals surface area contributed by atoms with Gasteiger partial charge in [-0.3, -0.25) is 0 Å². The monoisotopic (exact) mass is 178 g/mol. The minimum Gasteiger partial charge on any atom is -0.393 e. The van der Waals surface area contributed by atoms with Gasteiger partial charge >= 0.3 is 0 Å². The number of aliphatic hydroxyl groups excluding tert-OH is 1. The predicted molar refractivity (Wildman–Crippen MR) is 50.0 cm³/mol. The fourth-order valence-corrected chi connectivity index (χ4v) is 5.53. The first-order valence-corrected chi connectivity index (χ1v) is 6.02. The Kier molecular flexibility index (Phi) is 1.19. The van der Waals surface area contributed by atoms with Crippen LogP contribution in [0.5, 0.6) is 0 Å². The van der Waals surface area contributed by atoms with E-state index in [0.29, 0.717) is 0 Å². The van der Waals surface area contributed by atoms with E-state index in [1.807, 2.05) is 0 Å². The summed E-state index contributed by atoms with van der Waals surface area (Å²) in [5, 5.41) is 9.89. The summed E-state index contributed by atoms with van der Waals surface area (Å²) >= 11 is 0. The number of rotatable bonds is 0. The molecule has 0 aromatic rings. The Labute approximate surface area is 79.5 Å². The summed E-state index contributed by atoms with van der Waals surface area (Å²) in [7, 11) is 0. The molecule has 4 saturated carbocycles. The van der Waals surface area contributed by atoms with Gasteiger partial charge in [0, 0.05) is 0 Å². The molecule has 1 nitrogen and oxygen atoms in total. The zero-order chi connectivity index (χ0) is 8.58. The second-order valence-corrected chi connectivity index (χ2v) is 5.95. The van der Waals surface area contributed by atoms with Crippen molar-refractivity contribution in [3.63, 3.8) is 0 Å². The van der Waals surface area contributed by atoms with Crippen LogP contribution >= 0.6 is 0 Å². The summed E-state index contributed by atoms with van der Waals surface area (Å²) in [6, 6.07) is 0. The molecule has 1 heteroatoms. The molecule has 0 radical (unpaired) electrons. The smallest absolute Gasteiger partial charge is 0.0574 e. The van der Waals surface area contributed by atoms with Crippen LogP contribution in [0, 0.1) is 35.5 Å². The van der Waals surface area contributed by atoms with Gasteiger partial charge in [-0.25, -0.2) is 0 Å². The highest BCUT2D eigenvalue weighted by atomic mass is 16.3. The maximum absolute atomic E-state index is 9.89. The SMILES string of the molecule is O[C@@H]1C[C@H]2C[C@H]1[C@H]1[C@@H]3CC[C@H](C3)[C@@H]21. The van der Waals surface area contributed by atoms with E-state index < -0.39 is 0 Å². The minimum absolute atomic E-state index is 0.0885. The van der Waals surface area contributed by atoms with E-state index in [-0.39, 0.29) is 6.10 Å². The van der Waals surface area contributed by atoms with Crippen molar-refractivity contribution in [1.82, 2.24) is 0 Å². The average molecular weight is 178 g/mol. The quantitative estimate of drug-likeness (QED) is 0.563. The fourth-order valence-electron chi connectivity index (χ4n) is 5.53. The zero-order valence-electron chi connectivity index (χ0n) is 8.02. The summed E-state index contributed by atoms with van der Waals surface area (Å²) in [4.78, 5) is 0. The highest BCUT2D eigenvalue weighted by molar-refractivity contribution is 5.10. The molecule has 0 aliphatic heterocycles. The highest BCUT2D eigenvalue weighted by Gasteiger charge is 2.61. The van der Waals surface area contributed by atoms with Crippen LogP contribution in [0.2, 0.25) is 0 Å². The fraction of sp³-hybridized carbons (Fsp3) is 1.00. The molecule has 4 aliphatic carbocycles. The Morgan fingerprint density at radius 2 is 1.54 bits per heavy atom. The van der Waals surface area contributed by atoms with Crippen LogP contribution in [0.25, 0.3) is 0 Å². The van der Waals surface area contributed by atoms with E-state index in [0.717, 1.165) is 41.9 Å². The number of hydrogen-bond acceptors (Lipinski definition) is 1. The van der Waals surface area contributed by atoms with Gasteiger partial charge in [-0.15, -0.1) is 0 Å². The average Bonchev–Trinajstić information content (AvgIpc) is 2.78. The van der Waals surface area contributed by atoms with Crippen LogP contribution in [0.1, 0.15) is 32.1 Å². The lowest BCUT2D eigenvalue weighted by Crippen LogP contribution is -2.34. The third kappa shape index (κ3) is 0.707. The van der Waals surface area contributed by atoms with Crippen molar-refractivity contribution in [3.8, 4) is 0 Å². The summed E-state index contributed by atoms with van der Waals surface area (Å²) < 4.78 is 0. The second kappa shape index (κ2) is 2.13. The van der Waals surface area contributed by atoms with Gasteiger partial charge in [0.25, 0.3) is 0 Å². The topological polar surface area (TPSA) is 20.2 Å². The van der Waals surface area contributed by atoms with Gasteiger partial charge in [-0.2, -0.15) is 0 Å². The molecule has 0 amide bonds. The standard InChI is InChI=1S/C12H18O/c13-10-5-8-4-9(10)12-7-2-1-6(3-7)11(8)12/h6-13H,1-5H2/t6-,7-,8-,9-,10-,11+,12-/m1/s1. The first kappa shape index (κ1) is 7.28. The molecule has 4 bridgehead atoms. The van der Waals surface area contributed by atoms with E-state index >= 15 is 0 Å². The molecule has 4 rings (SSSR count). The number of fused-ring (bicyclic) bond motifs is 9. The summed E-state index contributed by atoms with van der Waals surface area (Å²) in [6.07, 6.45) is 7.14. The van der Waals surface area contributed by atoms with Crippen molar-refractivity contribution in [2.24, 2.45) is 35.5 Å². The predicted octanol–water partition coefficient (Wildman–Crippen LogP) is 2.05.